The highest BCUT2D eigenvalue weighted by Crippen LogP contribution is 2.22. The van der Waals surface area contributed by atoms with E-state index < -0.39 is 11.6 Å². The van der Waals surface area contributed by atoms with E-state index in [4.69, 9.17) is 16.3 Å². The summed E-state index contributed by atoms with van der Waals surface area (Å²) in [6, 6.07) is 8.91. The minimum absolute atomic E-state index is 0.170. The molecule has 0 aliphatic rings. The zero-order chi connectivity index (χ0) is 13.8. The summed E-state index contributed by atoms with van der Waals surface area (Å²) >= 11 is 5.66. The van der Waals surface area contributed by atoms with Gasteiger partial charge in [0.1, 0.15) is 5.82 Å². The number of benzene rings is 2. The lowest BCUT2D eigenvalue weighted by Gasteiger charge is -2.09. The number of rotatable bonds is 4. The van der Waals surface area contributed by atoms with Crippen LogP contribution in [0.4, 0.5) is 14.5 Å². The van der Waals surface area contributed by atoms with Crippen molar-refractivity contribution in [2.24, 2.45) is 0 Å². The molecule has 0 radical (unpaired) electrons. The van der Waals surface area contributed by atoms with Gasteiger partial charge in [0.15, 0.2) is 11.6 Å². The molecule has 0 aromatic heterocycles. The highest BCUT2D eigenvalue weighted by atomic mass is 35.5. The summed E-state index contributed by atoms with van der Waals surface area (Å²) in [5.74, 6) is -0.693. The minimum Gasteiger partial charge on any atom is -0.494 e. The normalized spacial score (nSPS) is 10.3. The van der Waals surface area contributed by atoms with Crippen molar-refractivity contribution in [1.29, 1.82) is 0 Å². The lowest BCUT2D eigenvalue weighted by atomic mass is 10.2. The summed E-state index contributed by atoms with van der Waals surface area (Å²) < 4.78 is 31.8. The summed E-state index contributed by atoms with van der Waals surface area (Å²) in [6.45, 7) is 0.245. The number of anilines is 1. The third-order valence-electron chi connectivity index (χ3n) is 2.65. The zero-order valence-corrected chi connectivity index (χ0v) is 11.0. The largest absolute Gasteiger partial charge is 0.494 e. The first-order valence-corrected chi connectivity index (χ1v) is 5.99. The first kappa shape index (κ1) is 13.6. The Balaban J connectivity index is 2.08. The van der Waals surface area contributed by atoms with E-state index in [9.17, 15) is 8.78 Å². The highest BCUT2D eigenvalue weighted by molar-refractivity contribution is 6.30. The van der Waals surface area contributed by atoms with Crippen LogP contribution in [-0.4, -0.2) is 7.11 Å². The van der Waals surface area contributed by atoms with Crippen LogP contribution in [0.5, 0.6) is 5.75 Å². The van der Waals surface area contributed by atoms with Crippen molar-refractivity contribution >= 4 is 17.3 Å². The van der Waals surface area contributed by atoms with Gasteiger partial charge in [-0.3, -0.25) is 0 Å². The van der Waals surface area contributed by atoms with Crippen LogP contribution in [0.1, 0.15) is 5.56 Å². The Morgan fingerprint density at radius 1 is 1.11 bits per heavy atom. The van der Waals surface area contributed by atoms with Crippen LogP contribution in [0.2, 0.25) is 5.02 Å². The first-order valence-electron chi connectivity index (χ1n) is 5.61. The predicted molar refractivity (Wildman–Crippen MR) is 71.7 cm³/mol. The minimum atomic E-state index is -0.468. The molecule has 0 saturated carbocycles. The molecule has 5 heteroatoms. The van der Waals surface area contributed by atoms with Gasteiger partial charge in [0.25, 0.3) is 0 Å². The lowest BCUT2D eigenvalue weighted by molar-refractivity contribution is 0.386. The van der Waals surface area contributed by atoms with Crippen LogP contribution in [0.3, 0.4) is 0 Å². The van der Waals surface area contributed by atoms with E-state index in [1.54, 1.807) is 18.2 Å². The molecule has 2 nitrogen and oxygen atoms in total. The Morgan fingerprint density at radius 3 is 2.53 bits per heavy atom. The van der Waals surface area contributed by atoms with E-state index >= 15 is 0 Å². The van der Waals surface area contributed by atoms with E-state index in [-0.39, 0.29) is 12.3 Å². The summed E-state index contributed by atoms with van der Waals surface area (Å²) in [5, 5.41) is 3.28. The molecule has 0 amide bonds. The molecule has 19 heavy (non-hydrogen) atoms. The van der Waals surface area contributed by atoms with E-state index in [1.807, 2.05) is 0 Å². The average molecular weight is 284 g/mol. The fraction of sp³-hybridized carbons (Fsp3) is 0.143. The summed E-state index contributed by atoms with van der Waals surface area (Å²) in [4.78, 5) is 0. The highest BCUT2D eigenvalue weighted by Gasteiger charge is 2.05. The zero-order valence-electron chi connectivity index (χ0n) is 10.2. The van der Waals surface area contributed by atoms with Gasteiger partial charge in [-0.15, -0.1) is 0 Å². The molecule has 0 aliphatic heterocycles. The molecular weight excluding hydrogens is 272 g/mol. The smallest absolute Gasteiger partial charge is 0.167 e. The number of methoxy groups -OCH3 is 1. The van der Waals surface area contributed by atoms with Crippen LogP contribution in [0, 0.1) is 11.6 Å². The van der Waals surface area contributed by atoms with Gasteiger partial charge in [0.2, 0.25) is 0 Å². The Morgan fingerprint density at radius 2 is 1.89 bits per heavy atom. The fourth-order valence-electron chi connectivity index (χ4n) is 1.64. The number of hydrogen-bond acceptors (Lipinski definition) is 2. The van der Waals surface area contributed by atoms with Crippen molar-refractivity contribution in [1.82, 2.24) is 0 Å². The Kier molecular flexibility index (Phi) is 4.22. The Bertz CT molecular complexity index is 590. The van der Waals surface area contributed by atoms with Gasteiger partial charge in [-0.2, -0.15) is 0 Å². The van der Waals surface area contributed by atoms with Gasteiger partial charge in [-0.1, -0.05) is 17.7 Å². The molecule has 0 aliphatic carbocycles. The molecular formula is C14H12ClF2NO. The Hall–Kier alpha value is -1.81. The van der Waals surface area contributed by atoms with Gasteiger partial charge in [0, 0.05) is 28.9 Å². The number of halogens is 3. The van der Waals surface area contributed by atoms with E-state index in [0.29, 0.717) is 16.3 Å². The molecule has 2 aromatic rings. The van der Waals surface area contributed by atoms with Gasteiger partial charge in [-0.25, -0.2) is 8.78 Å². The van der Waals surface area contributed by atoms with Crippen LogP contribution in [0.15, 0.2) is 36.4 Å². The van der Waals surface area contributed by atoms with Crippen molar-refractivity contribution in [3.8, 4) is 5.75 Å². The van der Waals surface area contributed by atoms with E-state index in [2.05, 4.69) is 5.32 Å². The van der Waals surface area contributed by atoms with Crippen LogP contribution in [-0.2, 0) is 6.54 Å². The second kappa shape index (κ2) is 5.89. The standard InChI is InChI=1S/C14H12ClF2NO/c1-19-14-5-4-11(7-13(14)17)18-8-9-2-3-10(15)6-12(9)16/h2-7,18H,8H2,1H3. The molecule has 0 heterocycles. The van der Waals surface area contributed by atoms with Crippen molar-refractivity contribution in [2.45, 2.75) is 6.54 Å². The molecule has 0 fully saturated rings. The van der Waals surface area contributed by atoms with Gasteiger partial charge in [-0.05, 0) is 24.3 Å². The van der Waals surface area contributed by atoms with Crippen molar-refractivity contribution in [3.63, 3.8) is 0 Å². The van der Waals surface area contributed by atoms with Crippen LogP contribution in [0.25, 0.3) is 0 Å². The third kappa shape index (κ3) is 3.35. The van der Waals surface area contributed by atoms with Crippen molar-refractivity contribution < 1.29 is 13.5 Å². The maximum Gasteiger partial charge on any atom is 0.167 e. The maximum atomic E-state index is 13.5. The summed E-state index contributed by atoms with van der Waals surface area (Å²) in [5.41, 5.74) is 1.01. The second-order valence-corrected chi connectivity index (χ2v) is 4.38. The van der Waals surface area contributed by atoms with Crippen LogP contribution >= 0.6 is 11.6 Å². The molecule has 100 valence electrons. The fourth-order valence-corrected chi connectivity index (χ4v) is 1.80. The molecule has 0 atom stereocenters. The van der Waals surface area contributed by atoms with Gasteiger partial charge >= 0.3 is 0 Å². The lowest BCUT2D eigenvalue weighted by Crippen LogP contribution is -2.02. The monoisotopic (exact) mass is 283 g/mol. The summed E-state index contributed by atoms with van der Waals surface area (Å²) in [6.07, 6.45) is 0. The van der Waals surface area contributed by atoms with Crippen LogP contribution < -0.4 is 10.1 Å². The molecule has 2 aromatic carbocycles. The van der Waals surface area contributed by atoms with E-state index in [0.717, 1.165) is 0 Å². The van der Waals surface area contributed by atoms with Gasteiger partial charge < -0.3 is 10.1 Å². The Labute approximate surface area is 115 Å². The molecule has 0 saturated heterocycles. The maximum absolute atomic E-state index is 13.5. The summed E-state index contributed by atoms with van der Waals surface area (Å²) in [7, 11) is 1.40. The predicted octanol–water partition coefficient (Wildman–Crippen LogP) is 4.24. The quantitative estimate of drug-likeness (QED) is 0.906. The SMILES string of the molecule is COc1ccc(NCc2ccc(Cl)cc2F)cc1F. The van der Waals surface area contributed by atoms with Crippen molar-refractivity contribution in [3.05, 3.63) is 58.6 Å². The number of hydrogen-bond donors (Lipinski definition) is 1. The first-order chi connectivity index (χ1) is 9.10. The topological polar surface area (TPSA) is 21.3 Å². The molecule has 2 rings (SSSR count). The molecule has 0 unspecified atom stereocenters. The number of ether oxygens (including phenoxy) is 1. The van der Waals surface area contributed by atoms with E-state index in [1.165, 1.54) is 25.3 Å². The second-order valence-electron chi connectivity index (χ2n) is 3.94. The molecule has 1 N–H and O–H groups in total. The number of nitrogens with one attached hydrogen (secondary N) is 1. The van der Waals surface area contributed by atoms with Crippen molar-refractivity contribution in [2.75, 3.05) is 12.4 Å². The average Bonchev–Trinajstić information content (AvgIpc) is 2.38. The molecule has 0 bridgehead atoms. The third-order valence-corrected chi connectivity index (χ3v) is 2.88. The van der Waals surface area contributed by atoms with Gasteiger partial charge in [0.05, 0.1) is 7.11 Å². The molecule has 0 spiro atoms.